The van der Waals surface area contributed by atoms with Gasteiger partial charge in [-0.3, -0.25) is 4.90 Å². The van der Waals surface area contributed by atoms with E-state index in [2.05, 4.69) is 43.9 Å². The zero-order valence-electron chi connectivity index (χ0n) is 12.0. The Bertz CT molecular complexity index is 578. The van der Waals surface area contributed by atoms with Gasteiger partial charge in [-0.2, -0.15) is 4.98 Å². The van der Waals surface area contributed by atoms with Gasteiger partial charge in [0.05, 0.1) is 5.39 Å². The van der Waals surface area contributed by atoms with Gasteiger partial charge in [-0.05, 0) is 30.8 Å². The van der Waals surface area contributed by atoms with Crippen LogP contribution < -0.4 is 10.6 Å². The fourth-order valence-electron chi connectivity index (χ4n) is 2.46. The number of rotatable bonds is 7. The molecule has 0 radical (unpaired) electrons. The van der Waals surface area contributed by atoms with E-state index in [0.717, 1.165) is 41.7 Å². The number of hydrogen-bond donors (Lipinski definition) is 2. The van der Waals surface area contributed by atoms with Crippen LogP contribution in [0.1, 0.15) is 19.8 Å². The van der Waals surface area contributed by atoms with Crippen molar-refractivity contribution >= 4 is 33.3 Å². The summed E-state index contributed by atoms with van der Waals surface area (Å²) in [5.74, 6) is 1.62. The Hall–Kier alpha value is -1.40. The van der Waals surface area contributed by atoms with Crippen molar-refractivity contribution in [3.05, 3.63) is 11.4 Å². The maximum Gasteiger partial charge on any atom is 0.225 e. The summed E-state index contributed by atoms with van der Waals surface area (Å²) in [7, 11) is 1.85. The molecule has 2 N–H and O–H groups in total. The molecule has 0 unspecified atom stereocenters. The van der Waals surface area contributed by atoms with Crippen molar-refractivity contribution in [2.24, 2.45) is 0 Å². The number of thiophene rings is 1. The lowest BCUT2D eigenvalue weighted by Gasteiger charge is -2.20. The van der Waals surface area contributed by atoms with Gasteiger partial charge in [0, 0.05) is 26.2 Å². The summed E-state index contributed by atoms with van der Waals surface area (Å²) >= 11 is 1.65. The lowest BCUT2D eigenvalue weighted by Crippen LogP contribution is -2.31. The quantitative estimate of drug-likeness (QED) is 0.821. The lowest BCUT2D eigenvalue weighted by molar-refractivity contribution is 0.289. The number of anilines is 2. The minimum atomic E-state index is 0.678. The van der Waals surface area contributed by atoms with Crippen LogP contribution in [0.15, 0.2) is 11.4 Å². The molecular weight excluding hydrogens is 270 g/mol. The summed E-state index contributed by atoms with van der Waals surface area (Å²) in [6, 6.07) is 2.90. The third-order valence-electron chi connectivity index (χ3n) is 3.71. The second-order valence-corrected chi connectivity index (χ2v) is 5.97. The molecule has 1 aliphatic rings. The van der Waals surface area contributed by atoms with E-state index in [1.54, 1.807) is 11.3 Å². The predicted molar refractivity (Wildman–Crippen MR) is 85.7 cm³/mol. The lowest BCUT2D eigenvalue weighted by atomic mass is 10.3. The van der Waals surface area contributed by atoms with Crippen LogP contribution in [0.3, 0.4) is 0 Å². The highest BCUT2D eigenvalue weighted by molar-refractivity contribution is 7.16. The largest absolute Gasteiger partial charge is 0.368 e. The molecule has 0 aromatic carbocycles. The van der Waals surface area contributed by atoms with Gasteiger partial charge in [0.25, 0.3) is 0 Å². The van der Waals surface area contributed by atoms with E-state index in [0.29, 0.717) is 5.95 Å². The standard InChI is InChI=1S/C14H21N5S/c1-3-19(10-4-5-10)8-7-16-12-11-6-9-20-13(11)18-14(15-2)17-12/h6,9-10H,3-5,7-8H2,1-2H3,(H2,15,16,17,18). The number of fused-ring (bicyclic) bond motifs is 1. The predicted octanol–water partition coefficient (Wildman–Crippen LogP) is 2.63. The average molecular weight is 291 g/mol. The molecule has 2 heterocycles. The maximum absolute atomic E-state index is 4.53. The Kier molecular flexibility index (Phi) is 4.03. The third kappa shape index (κ3) is 2.86. The Morgan fingerprint density at radius 2 is 2.25 bits per heavy atom. The number of aromatic nitrogens is 2. The molecular formula is C14H21N5S. The summed E-state index contributed by atoms with van der Waals surface area (Å²) in [4.78, 5) is 12.6. The first-order valence-corrected chi connectivity index (χ1v) is 8.10. The topological polar surface area (TPSA) is 53.1 Å². The summed E-state index contributed by atoms with van der Waals surface area (Å²) in [6.45, 7) is 5.37. The van der Waals surface area contributed by atoms with E-state index in [4.69, 9.17) is 0 Å². The SMILES string of the molecule is CCN(CCNc1nc(NC)nc2sccc12)C1CC1. The van der Waals surface area contributed by atoms with Crippen molar-refractivity contribution in [3.8, 4) is 0 Å². The van der Waals surface area contributed by atoms with E-state index >= 15 is 0 Å². The molecule has 0 bridgehead atoms. The van der Waals surface area contributed by atoms with Gasteiger partial charge in [-0.15, -0.1) is 11.3 Å². The second-order valence-electron chi connectivity index (χ2n) is 5.07. The average Bonchev–Trinajstić information content (AvgIpc) is 3.20. The van der Waals surface area contributed by atoms with Crippen molar-refractivity contribution in [2.45, 2.75) is 25.8 Å². The molecule has 0 aliphatic heterocycles. The summed E-state index contributed by atoms with van der Waals surface area (Å²) < 4.78 is 0. The first-order valence-electron chi connectivity index (χ1n) is 7.22. The number of nitrogens with one attached hydrogen (secondary N) is 2. The van der Waals surface area contributed by atoms with E-state index in [-0.39, 0.29) is 0 Å². The van der Waals surface area contributed by atoms with E-state index in [1.165, 1.54) is 12.8 Å². The first kappa shape index (κ1) is 13.6. The van der Waals surface area contributed by atoms with Crippen molar-refractivity contribution < 1.29 is 0 Å². The van der Waals surface area contributed by atoms with Gasteiger partial charge < -0.3 is 10.6 Å². The smallest absolute Gasteiger partial charge is 0.225 e. The number of likely N-dealkylation sites (N-methyl/N-ethyl adjacent to an activating group) is 1. The van der Waals surface area contributed by atoms with Crippen LogP contribution in [-0.2, 0) is 0 Å². The molecule has 0 amide bonds. The van der Waals surface area contributed by atoms with Crippen LogP contribution in [0, 0.1) is 0 Å². The molecule has 108 valence electrons. The van der Waals surface area contributed by atoms with E-state index < -0.39 is 0 Å². The van der Waals surface area contributed by atoms with Crippen LogP contribution in [0.5, 0.6) is 0 Å². The van der Waals surface area contributed by atoms with Crippen molar-refractivity contribution in [1.29, 1.82) is 0 Å². The molecule has 1 fully saturated rings. The zero-order chi connectivity index (χ0) is 13.9. The number of nitrogens with zero attached hydrogens (tertiary/aromatic N) is 3. The third-order valence-corrected chi connectivity index (χ3v) is 4.52. The molecule has 0 saturated heterocycles. The first-order chi connectivity index (χ1) is 9.81. The van der Waals surface area contributed by atoms with Crippen LogP contribution >= 0.6 is 11.3 Å². The summed E-state index contributed by atoms with van der Waals surface area (Å²) in [5.41, 5.74) is 0. The molecule has 1 aliphatic carbocycles. The van der Waals surface area contributed by atoms with E-state index in [9.17, 15) is 0 Å². The minimum Gasteiger partial charge on any atom is -0.368 e. The summed E-state index contributed by atoms with van der Waals surface area (Å²) in [6.07, 6.45) is 2.72. The van der Waals surface area contributed by atoms with Gasteiger partial charge >= 0.3 is 0 Å². The van der Waals surface area contributed by atoms with Crippen LogP contribution in [0.2, 0.25) is 0 Å². The van der Waals surface area contributed by atoms with Gasteiger partial charge in [-0.1, -0.05) is 6.92 Å². The summed E-state index contributed by atoms with van der Waals surface area (Å²) in [5, 5.41) is 9.67. The zero-order valence-corrected chi connectivity index (χ0v) is 12.8. The van der Waals surface area contributed by atoms with E-state index in [1.807, 2.05) is 7.05 Å². The monoisotopic (exact) mass is 291 g/mol. The van der Waals surface area contributed by atoms with Crippen molar-refractivity contribution in [1.82, 2.24) is 14.9 Å². The van der Waals surface area contributed by atoms with Crippen LogP contribution in [0.4, 0.5) is 11.8 Å². The number of hydrogen-bond acceptors (Lipinski definition) is 6. The van der Waals surface area contributed by atoms with Gasteiger partial charge in [0.2, 0.25) is 5.95 Å². The van der Waals surface area contributed by atoms with Crippen molar-refractivity contribution in [3.63, 3.8) is 0 Å². The fourth-order valence-corrected chi connectivity index (χ4v) is 3.22. The van der Waals surface area contributed by atoms with Crippen LogP contribution in [-0.4, -0.2) is 47.6 Å². The fraction of sp³-hybridized carbons (Fsp3) is 0.571. The van der Waals surface area contributed by atoms with Gasteiger partial charge in [-0.25, -0.2) is 4.98 Å². The van der Waals surface area contributed by atoms with Gasteiger partial charge in [0.1, 0.15) is 10.6 Å². The molecule has 2 aromatic rings. The van der Waals surface area contributed by atoms with Gasteiger partial charge in [0.15, 0.2) is 0 Å². The highest BCUT2D eigenvalue weighted by Gasteiger charge is 2.27. The second kappa shape index (κ2) is 5.93. The van der Waals surface area contributed by atoms with Crippen molar-refractivity contribution in [2.75, 3.05) is 37.3 Å². The Labute approximate surface area is 123 Å². The Morgan fingerprint density at radius 1 is 1.40 bits per heavy atom. The Morgan fingerprint density at radius 3 is 2.95 bits per heavy atom. The molecule has 0 spiro atoms. The Balaban J connectivity index is 1.68. The molecule has 6 heteroatoms. The molecule has 20 heavy (non-hydrogen) atoms. The normalized spacial score (nSPS) is 14.9. The maximum atomic E-state index is 4.53. The molecule has 2 aromatic heterocycles. The highest BCUT2D eigenvalue weighted by atomic mass is 32.1. The minimum absolute atomic E-state index is 0.678. The van der Waals surface area contributed by atoms with Crippen LogP contribution in [0.25, 0.3) is 10.2 Å². The molecule has 1 saturated carbocycles. The molecule has 3 rings (SSSR count). The molecule has 5 nitrogen and oxygen atoms in total. The highest BCUT2D eigenvalue weighted by Crippen LogP contribution is 2.27. The molecule has 0 atom stereocenters.